The number of aromatic nitrogens is 2. The molecule has 0 fully saturated rings. The fraction of sp³-hybridized carbons (Fsp3) is 0.182. The molecular weight excluding hydrogens is 220 g/mol. The molecule has 0 aliphatic heterocycles. The van der Waals surface area contributed by atoms with Crippen LogP contribution in [0.5, 0.6) is 0 Å². The summed E-state index contributed by atoms with van der Waals surface area (Å²) < 4.78 is 1.42. The summed E-state index contributed by atoms with van der Waals surface area (Å²) in [6.45, 7) is 1.35. The SMILES string of the molecule is CC(=O)Nc1c(C#N)ccc2c1[nH]c(=O)n2C. The van der Waals surface area contributed by atoms with Gasteiger partial charge in [-0.2, -0.15) is 5.26 Å². The van der Waals surface area contributed by atoms with Gasteiger partial charge < -0.3 is 10.3 Å². The Morgan fingerprint density at radius 1 is 1.53 bits per heavy atom. The van der Waals surface area contributed by atoms with Crippen molar-refractivity contribution in [1.82, 2.24) is 9.55 Å². The van der Waals surface area contributed by atoms with E-state index >= 15 is 0 Å². The number of anilines is 1. The molecule has 0 aliphatic rings. The van der Waals surface area contributed by atoms with Crippen LogP contribution < -0.4 is 11.0 Å². The van der Waals surface area contributed by atoms with Crippen molar-refractivity contribution in [3.63, 3.8) is 0 Å². The average Bonchev–Trinajstić information content (AvgIpc) is 2.56. The van der Waals surface area contributed by atoms with E-state index in [1.165, 1.54) is 11.5 Å². The molecule has 0 saturated heterocycles. The molecule has 6 nitrogen and oxygen atoms in total. The minimum atomic E-state index is -0.293. The molecule has 0 bridgehead atoms. The number of hydrogen-bond donors (Lipinski definition) is 2. The largest absolute Gasteiger partial charge is 0.326 e. The van der Waals surface area contributed by atoms with Crippen LogP contribution in [0, 0.1) is 11.3 Å². The molecule has 0 aliphatic carbocycles. The highest BCUT2D eigenvalue weighted by Crippen LogP contribution is 2.24. The highest BCUT2D eigenvalue weighted by atomic mass is 16.2. The van der Waals surface area contributed by atoms with Crippen LogP contribution in [0.1, 0.15) is 12.5 Å². The summed E-state index contributed by atoms with van der Waals surface area (Å²) in [5, 5.41) is 11.5. The van der Waals surface area contributed by atoms with Crippen LogP contribution in [-0.2, 0) is 11.8 Å². The normalized spacial score (nSPS) is 10.2. The molecule has 2 aromatic rings. The fourth-order valence-corrected chi connectivity index (χ4v) is 1.70. The molecule has 0 saturated carbocycles. The van der Waals surface area contributed by atoms with Gasteiger partial charge in [0.1, 0.15) is 6.07 Å². The van der Waals surface area contributed by atoms with Crippen molar-refractivity contribution in [3.05, 3.63) is 28.2 Å². The standard InChI is InChI=1S/C11H10N4O2/c1-6(16)13-9-7(5-12)3-4-8-10(9)14-11(17)15(8)2/h3-4H,1-2H3,(H,13,16)(H,14,17). The second-order valence-electron chi connectivity index (χ2n) is 3.66. The minimum absolute atomic E-state index is 0.290. The minimum Gasteiger partial charge on any atom is -0.323 e. The Bertz CT molecular complexity index is 703. The Morgan fingerprint density at radius 2 is 2.24 bits per heavy atom. The van der Waals surface area contributed by atoms with Gasteiger partial charge in [-0.05, 0) is 12.1 Å². The lowest BCUT2D eigenvalue weighted by atomic mass is 10.1. The zero-order valence-corrected chi connectivity index (χ0v) is 9.37. The number of fused-ring (bicyclic) bond motifs is 1. The van der Waals surface area contributed by atoms with Crippen LogP contribution in [0.4, 0.5) is 5.69 Å². The van der Waals surface area contributed by atoms with E-state index < -0.39 is 0 Å². The number of aromatic amines is 1. The number of benzene rings is 1. The maximum atomic E-state index is 11.5. The number of amides is 1. The van der Waals surface area contributed by atoms with Crippen LogP contribution in [0.25, 0.3) is 11.0 Å². The number of nitrogens with one attached hydrogen (secondary N) is 2. The molecule has 6 heteroatoms. The number of imidazole rings is 1. The molecule has 17 heavy (non-hydrogen) atoms. The second-order valence-corrected chi connectivity index (χ2v) is 3.66. The van der Waals surface area contributed by atoms with Crippen molar-refractivity contribution < 1.29 is 4.79 Å². The maximum Gasteiger partial charge on any atom is 0.326 e. The smallest absolute Gasteiger partial charge is 0.323 e. The van der Waals surface area contributed by atoms with Crippen LogP contribution in [0.3, 0.4) is 0 Å². The molecule has 1 aromatic carbocycles. The first-order valence-corrected chi connectivity index (χ1v) is 4.94. The molecule has 2 rings (SSSR count). The Balaban J connectivity index is 2.84. The van der Waals surface area contributed by atoms with Gasteiger partial charge in [-0.3, -0.25) is 9.36 Å². The quantitative estimate of drug-likeness (QED) is 0.755. The Labute approximate surface area is 96.5 Å². The number of carbonyl (C=O) groups is 1. The summed E-state index contributed by atoms with van der Waals surface area (Å²) in [5.74, 6) is -0.293. The Morgan fingerprint density at radius 3 is 2.82 bits per heavy atom. The van der Waals surface area contributed by atoms with E-state index in [1.807, 2.05) is 6.07 Å². The number of hydrogen-bond acceptors (Lipinski definition) is 3. The van der Waals surface area contributed by atoms with Crippen molar-refractivity contribution in [2.45, 2.75) is 6.92 Å². The molecule has 0 spiro atoms. The molecule has 1 amide bonds. The number of rotatable bonds is 1. The topological polar surface area (TPSA) is 90.7 Å². The third kappa shape index (κ3) is 1.67. The van der Waals surface area contributed by atoms with Gasteiger partial charge in [0.25, 0.3) is 0 Å². The number of nitrogens with zero attached hydrogens (tertiary/aromatic N) is 2. The second kappa shape index (κ2) is 3.79. The lowest BCUT2D eigenvalue weighted by Gasteiger charge is -2.05. The van der Waals surface area contributed by atoms with Gasteiger partial charge >= 0.3 is 5.69 Å². The molecule has 0 atom stereocenters. The van der Waals surface area contributed by atoms with E-state index in [2.05, 4.69) is 10.3 Å². The Hall–Kier alpha value is -2.55. The third-order valence-corrected chi connectivity index (χ3v) is 2.50. The highest BCUT2D eigenvalue weighted by molar-refractivity contribution is 6.00. The number of carbonyl (C=O) groups excluding carboxylic acids is 1. The van der Waals surface area contributed by atoms with Crippen LogP contribution >= 0.6 is 0 Å². The molecule has 86 valence electrons. The molecule has 2 N–H and O–H groups in total. The zero-order valence-electron chi connectivity index (χ0n) is 9.37. The van der Waals surface area contributed by atoms with Gasteiger partial charge in [0.15, 0.2) is 0 Å². The van der Waals surface area contributed by atoms with Gasteiger partial charge in [-0.25, -0.2) is 4.79 Å². The summed E-state index contributed by atoms with van der Waals surface area (Å²) in [5.41, 5.74) is 1.47. The predicted molar refractivity (Wildman–Crippen MR) is 62.6 cm³/mol. The summed E-state index contributed by atoms with van der Waals surface area (Å²) in [6.07, 6.45) is 0. The zero-order chi connectivity index (χ0) is 12.6. The van der Waals surface area contributed by atoms with E-state index in [9.17, 15) is 9.59 Å². The van der Waals surface area contributed by atoms with E-state index in [1.54, 1.807) is 19.2 Å². The third-order valence-electron chi connectivity index (χ3n) is 2.50. The number of aryl methyl sites for hydroxylation is 1. The highest BCUT2D eigenvalue weighted by Gasteiger charge is 2.13. The van der Waals surface area contributed by atoms with Gasteiger partial charge in [-0.1, -0.05) is 0 Å². The first-order valence-electron chi connectivity index (χ1n) is 4.94. The van der Waals surface area contributed by atoms with Gasteiger partial charge in [-0.15, -0.1) is 0 Å². The summed E-state index contributed by atoms with van der Waals surface area (Å²) in [7, 11) is 1.62. The van der Waals surface area contributed by atoms with Gasteiger partial charge in [0.05, 0.1) is 22.3 Å². The lowest BCUT2D eigenvalue weighted by molar-refractivity contribution is -0.114. The van der Waals surface area contributed by atoms with Crippen LogP contribution in [-0.4, -0.2) is 15.5 Å². The van der Waals surface area contributed by atoms with Crippen molar-refractivity contribution >= 4 is 22.6 Å². The average molecular weight is 230 g/mol. The number of nitriles is 1. The van der Waals surface area contributed by atoms with Crippen LogP contribution in [0.2, 0.25) is 0 Å². The molecule has 1 aromatic heterocycles. The fourth-order valence-electron chi connectivity index (χ4n) is 1.70. The van der Waals surface area contributed by atoms with E-state index in [4.69, 9.17) is 5.26 Å². The molecule has 0 radical (unpaired) electrons. The first kappa shape index (κ1) is 11.0. The van der Waals surface area contributed by atoms with Crippen molar-refractivity contribution in [2.75, 3.05) is 5.32 Å². The van der Waals surface area contributed by atoms with E-state index in [0.717, 1.165) is 0 Å². The van der Waals surface area contributed by atoms with E-state index in [-0.39, 0.29) is 11.6 Å². The Kier molecular flexibility index (Phi) is 2.44. The molecule has 1 heterocycles. The van der Waals surface area contributed by atoms with Gasteiger partial charge in [0.2, 0.25) is 5.91 Å². The summed E-state index contributed by atoms with van der Waals surface area (Å²) in [6, 6.07) is 5.21. The molecular formula is C11H10N4O2. The van der Waals surface area contributed by atoms with Crippen molar-refractivity contribution in [3.8, 4) is 6.07 Å². The first-order chi connectivity index (χ1) is 8.04. The van der Waals surface area contributed by atoms with Crippen molar-refractivity contribution in [1.29, 1.82) is 5.26 Å². The van der Waals surface area contributed by atoms with Crippen LogP contribution in [0.15, 0.2) is 16.9 Å². The monoisotopic (exact) mass is 230 g/mol. The summed E-state index contributed by atoms with van der Waals surface area (Å²) >= 11 is 0. The summed E-state index contributed by atoms with van der Waals surface area (Å²) in [4.78, 5) is 25.2. The predicted octanol–water partition coefficient (Wildman–Crippen LogP) is 0.697. The maximum absolute atomic E-state index is 11.5. The molecule has 0 unspecified atom stereocenters. The van der Waals surface area contributed by atoms with E-state index in [0.29, 0.717) is 22.3 Å². The number of H-pyrrole nitrogens is 1. The van der Waals surface area contributed by atoms with Gasteiger partial charge in [0, 0.05) is 14.0 Å². The lowest BCUT2D eigenvalue weighted by Crippen LogP contribution is -2.11. The van der Waals surface area contributed by atoms with Crippen molar-refractivity contribution in [2.24, 2.45) is 7.05 Å².